The van der Waals surface area contributed by atoms with Crippen LogP contribution < -0.4 is 0 Å². The SMILES string of the molecule is CC1(C)C(Cn2c(=S)[nH]c3ccc(Br)cc32)C1(C)C. The first-order valence-corrected chi connectivity index (χ1v) is 7.83. The molecule has 0 amide bonds. The highest BCUT2D eigenvalue weighted by Gasteiger charge is 2.64. The van der Waals surface area contributed by atoms with Crippen LogP contribution in [-0.4, -0.2) is 9.55 Å². The van der Waals surface area contributed by atoms with Gasteiger partial charge in [-0.05, 0) is 47.2 Å². The molecular formula is C15H19BrN2S. The normalized spacial score (nSPS) is 20.9. The number of rotatable bonds is 2. The molecule has 102 valence electrons. The van der Waals surface area contributed by atoms with Crippen molar-refractivity contribution < 1.29 is 0 Å². The molecule has 1 aromatic carbocycles. The number of fused-ring (bicyclic) bond motifs is 1. The minimum absolute atomic E-state index is 0.386. The predicted molar refractivity (Wildman–Crippen MR) is 85.9 cm³/mol. The summed E-state index contributed by atoms with van der Waals surface area (Å²) in [5.74, 6) is 0.671. The largest absolute Gasteiger partial charge is 0.331 e. The second-order valence-corrected chi connectivity index (χ2v) is 8.00. The zero-order chi connectivity index (χ0) is 14.0. The van der Waals surface area contributed by atoms with Crippen LogP contribution in [-0.2, 0) is 6.54 Å². The molecule has 1 aliphatic rings. The molecule has 0 bridgehead atoms. The summed E-state index contributed by atoms with van der Waals surface area (Å²) in [4.78, 5) is 3.30. The van der Waals surface area contributed by atoms with Gasteiger partial charge in [0, 0.05) is 11.0 Å². The van der Waals surface area contributed by atoms with Gasteiger partial charge in [0.15, 0.2) is 4.77 Å². The number of aromatic nitrogens is 2. The molecular weight excluding hydrogens is 320 g/mol. The highest BCUT2D eigenvalue weighted by atomic mass is 79.9. The molecule has 1 N–H and O–H groups in total. The molecule has 1 fully saturated rings. The lowest BCUT2D eigenvalue weighted by atomic mass is 10.0. The molecule has 1 heterocycles. The minimum Gasteiger partial charge on any atom is -0.331 e. The van der Waals surface area contributed by atoms with Gasteiger partial charge in [-0.25, -0.2) is 0 Å². The number of nitrogens with one attached hydrogen (secondary N) is 1. The van der Waals surface area contributed by atoms with Crippen LogP contribution in [0.5, 0.6) is 0 Å². The van der Waals surface area contributed by atoms with E-state index in [4.69, 9.17) is 12.2 Å². The first kappa shape index (κ1) is 13.4. The summed E-state index contributed by atoms with van der Waals surface area (Å²) in [5, 5.41) is 0. The van der Waals surface area contributed by atoms with E-state index < -0.39 is 0 Å². The van der Waals surface area contributed by atoms with E-state index in [1.54, 1.807) is 0 Å². The molecule has 0 spiro atoms. The van der Waals surface area contributed by atoms with E-state index in [1.807, 2.05) is 6.07 Å². The number of aromatic amines is 1. The Kier molecular flexibility index (Phi) is 2.78. The maximum absolute atomic E-state index is 5.48. The molecule has 1 aliphatic carbocycles. The smallest absolute Gasteiger partial charge is 0.178 e. The van der Waals surface area contributed by atoms with Crippen molar-refractivity contribution in [2.75, 3.05) is 0 Å². The minimum atomic E-state index is 0.386. The quantitative estimate of drug-likeness (QED) is 0.751. The first-order chi connectivity index (χ1) is 8.75. The van der Waals surface area contributed by atoms with Gasteiger partial charge < -0.3 is 9.55 Å². The van der Waals surface area contributed by atoms with Gasteiger partial charge in [0.2, 0.25) is 0 Å². The fraction of sp³-hybridized carbons (Fsp3) is 0.533. The second kappa shape index (κ2) is 3.95. The van der Waals surface area contributed by atoms with Crippen molar-refractivity contribution in [3.63, 3.8) is 0 Å². The Morgan fingerprint density at radius 2 is 1.89 bits per heavy atom. The molecule has 2 nitrogen and oxygen atoms in total. The summed E-state index contributed by atoms with van der Waals surface area (Å²) in [6.45, 7) is 10.4. The van der Waals surface area contributed by atoms with Crippen LogP contribution in [0.2, 0.25) is 0 Å². The number of nitrogens with zero attached hydrogens (tertiary/aromatic N) is 1. The van der Waals surface area contributed by atoms with E-state index in [-0.39, 0.29) is 0 Å². The van der Waals surface area contributed by atoms with Crippen LogP contribution in [0.4, 0.5) is 0 Å². The van der Waals surface area contributed by atoms with Crippen LogP contribution >= 0.6 is 28.1 Å². The highest BCUT2D eigenvalue weighted by molar-refractivity contribution is 9.10. The highest BCUT2D eigenvalue weighted by Crippen LogP contribution is 2.68. The predicted octanol–water partition coefficient (Wildman–Crippen LogP) is 5.14. The van der Waals surface area contributed by atoms with Gasteiger partial charge in [-0.2, -0.15) is 0 Å². The molecule has 0 radical (unpaired) electrons. The van der Waals surface area contributed by atoms with Crippen molar-refractivity contribution >= 4 is 39.2 Å². The molecule has 19 heavy (non-hydrogen) atoms. The monoisotopic (exact) mass is 338 g/mol. The van der Waals surface area contributed by atoms with Crippen molar-refractivity contribution in [3.8, 4) is 0 Å². The van der Waals surface area contributed by atoms with Crippen LogP contribution in [0.25, 0.3) is 11.0 Å². The summed E-state index contributed by atoms with van der Waals surface area (Å²) in [6.07, 6.45) is 0. The molecule has 1 saturated carbocycles. The Morgan fingerprint density at radius 3 is 2.47 bits per heavy atom. The van der Waals surface area contributed by atoms with E-state index in [1.165, 1.54) is 5.52 Å². The van der Waals surface area contributed by atoms with Gasteiger partial charge in [0.1, 0.15) is 0 Å². The van der Waals surface area contributed by atoms with Crippen molar-refractivity contribution in [1.29, 1.82) is 0 Å². The summed E-state index contributed by atoms with van der Waals surface area (Å²) < 4.78 is 4.17. The van der Waals surface area contributed by atoms with E-state index in [0.717, 1.165) is 21.3 Å². The van der Waals surface area contributed by atoms with E-state index in [9.17, 15) is 0 Å². The third kappa shape index (κ3) is 1.83. The standard InChI is InChI=1S/C15H19BrN2S/c1-14(2)12(15(14,3)4)8-18-11-7-9(16)5-6-10(11)17-13(18)19/h5-7,12H,8H2,1-4H3,(H,17,19). The maximum atomic E-state index is 5.48. The fourth-order valence-corrected chi connectivity index (χ4v) is 3.91. The molecule has 3 rings (SSSR count). The van der Waals surface area contributed by atoms with Gasteiger partial charge in [0.25, 0.3) is 0 Å². The lowest BCUT2D eigenvalue weighted by molar-refractivity contribution is 0.457. The summed E-state index contributed by atoms with van der Waals surface area (Å²) in [5.41, 5.74) is 3.08. The third-order valence-corrected chi connectivity index (χ3v) is 6.24. The van der Waals surface area contributed by atoms with E-state index in [2.05, 4.69) is 65.3 Å². The van der Waals surface area contributed by atoms with Crippen molar-refractivity contribution in [3.05, 3.63) is 27.4 Å². The van der Waals surface area contributed by atoms with Gasteiger partial charge in [-0.15, -0.1) is 0 Å². The number of hydrogen-bond donors (Lipinski definition) is 1. The third-order valence-electron chi connectivity index (χ3n) is 5.42. The lowest BCUT2D eigenvalue weighted by Crippen LogP contribution is -2.04. The van der Waals surface area contributed by atoms with E-state index in [0.29, 0.717) is 16.7 Å². The van der Waals surface area contributed by atoms with Crippen molar-refractivity contribution in [2.24, 2.45) is 16.7 Å². The molecule has 0 atom stereocenters. The van der Waals surface area contributed by atoms with Crippen molar-refractivity contribution in [2.45, 2.75) is 34.2 Å². The lowest BCUT2D eigenvalue weighted by Gasteiger charge is -2.06. The zero-order valence-corrected chi connectivity index (χ0v) is 14.2. The number of benzene rings is 1. The topological polar surface area (TPSA) is 20.7 Å². The Balaban J connectivity index is 2.05. The van der Waals surface area contributed by atoms with Gasteiger partial charge >= 0.3 is 0 Å². The van der Waals surface area contributed by atoms with Crippen molar-refractivity contribution in [1.82, 2.24) is 9.55 Å². The Hall–Kier alpha value is -0.610. The summed E-state index contributed by atoms with van der Waals surface area (Å²) in [6, 6.07) is 6.27. The van der Waals surface area contributed by atoms with Gasteiger partial charge in [-0.3, -0.25) is 0 Å². The maximum Gasteiger partial charge on any atom is 0.178 e. The van der Waals surface area contributed by atoms with Crippen LogP contribution in [0.1, 0.15) is 27.7 Å². The molecule has 2 aromatic rings. The first-order valence-electron chi connectivity index (χ1n) is 6.63. The Morgan fingerprint density at radius 1 is 1.26 bits per heavy atom. The molecule has 1 aromatic heterocycles. The average Bonchev–Trinajstić information content (AvgIpc) is 2.58. The molecule has 0 aliphatic heterocycles. The molecule has 4 heteroatoms. The second-order valence-electron chi connectivity index (χ2n) is 6.70. The van der Waals surface area contributed by atoms with Crippen LogP contribution in [0.15, 0.2) is 22.7 Å². The molecule has 0 saturated heterocycles. The van der Waals surface area contributed by atoms with Crippen LogP contribution in [0, 0.1) is 21.5 Å². The fourth-order valence-electron chi connectivity index (χ4n) is 3.28. The Bertz CT molecular complexity index is 694. The number of imidazole rings is 1. The average molecular weight is 339 g/mol. The number of H-pyrrole nitrogens is 1. The van der Waals surface area contributed by atoms with Gasteiger partial charge in [-0.1, -0.05) is 43.6 Å². The van der Waals surface area contributed by atoms with E-state index >= 15 is 0 Å². The van der Waals surface area contributed by atoms with Crippen LogP contribution in [0.3, 0.4) is 0 Å². The summed E-state index contributed by atoms with van der Waals surface area (Å²) in [7, 11) is 0. The number of halogens is 1. The Labute approximate surface area is 127 Å². The number of hydrogen-bond acceptors (Lipinski definition) is 1. The summed E-state index contributed by atoms with van der Waals surface area (Å²) >= 11 is 9.03. The zero-order valence-electron chi connectivity index (χ0n) is 11.7. The molecule has 0 unspecified atom stereocenters. The van der Waals surface area contributed by atoms with Gasteiger partial charge in [0.05, 0.1) is 11.0 Å².